The quantitative estimate of drug-likeness (QED) is 0.0895. The summed E-state index contributed by atoms with van der Waals surface area (Å²) in [6.07, 6.45) is 15.6. The lowest BCUT2D eigenvalue weighted by atomic mass is 9.81. The molecule has 50 heavy (non-hydrogen) atoms. The number of hydrogen-bond donors (Lipinski definition) is 2. The van der Waals surface area contributed by atoms with Crippen molar-refractivity contribution >= 4 is 42.9 Å². The van der Waals surface area contributed by atoms with Crippen LogP contribution in [0.4, 0.5) is 11.4 Å². The second-order valence-corrected chi connectivity index (χ2v) is 17.2. The Morgan fingerprint density at radius 1 is 0.940 bits per heavy atom. The van der Waals surface area contributed by atoms with Crippen LogP contribution in [0.2, 0.25) is 0 Å². The second-order valence-electron chi connectivity index (χ2n) is 13.7. The lowest BCUT2D eigenvalue weighted by Crippen LogP contribution is -2.29. The number of allylic oxidation sites excluding steroid dienone is 8. The maximum absolute atomic E-state index is 12.3. The van der Waals surface area contributed by atoms with Crippen LogP contribution >= 0.6 is 0 Å². The fourth-order valence-corrected chi connectivity index (χ4v) is 7.79. The molecule has 2 aromatic rings. The number of nitrogens with zero attached hydrogens (tertiary/aromatic N) is 2. The highest BCUT2D eigenvalue weighted by atomic mass is 32.2. The first-order valence-corrected chi connectivity index (χ1v) is 20.1. The molecule has 0 unspecified atom stereocenters. The molecule has 2 aliphatic heterocycles. The molecule has 0 saturated carbocycles. The summed E-state index contributed by atoms with van der Waals surface area (Å²) >= 11 is 0. The van der Waals surface area contributed by atoms with E-state index in [0.29, 0.717) is 19.4 Å². The number of sulfone groups is 1. The Labute approximate surface area is 298 Å². The van der Waals surface area contributed by atoms with Crippen molar-refractivity contribution in [1.29, 1.82) is 0 Å². The van der Waals surface area contributed by atoms with Gasteiger partial charge in [-0.1, -0.05) is 62.4 Å². The first-order valence-electron chi connectivity index (χ1n) is 16.9. The van der Waals surface area contributed by atoms with E-state index in [1.807, 2.05) is 44.2 Å². The topological polar surface area (TPSA) is 124 Å². The van der Waals surface area contributed by atoms with Crippen LogP contribution in [0.1, 0.15) is 70.6 Å². The molecule has 2 aromatic carbocycles. The van der Waals surface area contributed by atoms with Crippen molar-refractivity contribution in [2.24, 2.45) is 0 Å². The summed E-state index contributed by atoms with van der Waals surface area (Å²) in [5.74, 6) is -0.412. The number of carbonyl (C=O) groups excluding carboxylic acids is 1. The van der Waals surface area contributed by atoms with Gasteiger partial charge in [0, 0.05) is 59.4 Å². The molecule has 2 heterocycles. The van der Waals surface area contributed by atoms with Gasteiger partial charge in [-0.3, -0.25) is 9.35 Å². The van der Waals surface area contributed by atoms with Gasteiger partial charge in [-0.05, 0) is 76.4 Å². The minimum atomic E-state index is -4.38. The van der Waals surface area contributed by atoms with Crippen LogP contribution in [0, 0.1) is 6.92 Å². The molecule has 2 N–H and O–H groups in total. The molecule has 9 nitrogen and oxygen atoms in total. The van der Waals surface area contributed by atoms with Crippen LogP contribution < -0.4 is 10.2 Å². The fraction of sp³-hybridized carbons (Fsp3) is 0.385. The zero-order valence-electron chi connectivity index (χ0n) is 29.9. The first-order chi connectivity index (χ1) is 23.4. The van der Waals surface area contributed by atoms with Crippen molar-refractivity contribution in [3.05, 3.63) is 113 Å². The summed E-state index contributed by atoms with van der Waals surface area (Å²) in [7, 11) is -7.76. The molecule has 0 aromatic heterocycles. The highest BCUT2D eigenvalue weighted by molar-refractivity contribution is 7.94. The zero-order valence-corrected chi connectivity index (χ0v) is 31.6. The van der Waals surface area contributed by atoms with E-state index >= 15 is 0 Å². The van der Waals surface area contributed by atoms with Gasteiger partial charge >= 0.3 is 0 Å². The highest BCUT2D eigenvalue weighted by Crippen LogP contribution is 2.48. The molecule has 11 heteroatoms. The molecule has 1 amide bonds. The number of amides is 1. The van der Waals surface area contributed by atoms with Crippen LogP contribution in [0.3, 0.4) is 0 Å². The van der Waals surface area contributed by atoms with Gasteiger partial charge in [-0.2, -0.15) is 13.0 Å². The molecule has 0 fully saturated rings. The van der Waals surface area contributed by atoms with Gasteiger partial charge in [0.15, 0.2) is 15.5 Å². The van der Waals surface area contributed by atoms with Gasteiger partial charge in [0.2, 0.25) is 11.6 Å². The summed E-state index contributed by atoms with van der Waals surface area (Å²) in [5, 5.41) is 3.53. The number of fused-ring (bicyclic) bond motifs is 2. The van der Waals surface area contributed by atoms with E-state index in [1.165, 1.54) is 34.7 Å². The summed E-state index contributed by atoms with van der Waals surface area (Å²) < 4.78 is 59.2. The van der Waals surface area contributed by atoms with Crippen LogP contribution in [0.15, 0.2) is 102 Å². The van der Waals surface area contributed by atoms with Gasteiger partial charge in [-0.25, -0.2) is 8.42 Å². The standard InChI is InChI=1S/C39H49N3O6S2/c1-8-41-33-22-20-29(3)27-31(33)38(4,5)35(41)17-13-11-10-12-14-18-36-39(6,7)32-28-30(50(46,47)48)21-23-34(32)42(36)25-16-15-19-37(43)40-24-26-49(44,45)9-2/h9-14,17-18,20-23,27-28H,2,8,15-16,19,24-26H2,1,3-7H3,(H-,40,43,46,47,48)/p+1. The number of unbranched alkanes of at least 4 members (excludes halogenated alkanes) is 1. The number of rotatable bonds is 15. The molecule has 0 bridgehead atoms. The number of hydrogen-bond acceptors (Lipinski definition) is 6. The number of anilines is 1. The summed E-state index contributed by atoms with van der Waals surface area (Å²) in [4.78, 5) is 14.3. The average Bonchev–Trinajstić information content (AvgIpc) is 3.39. The maximum atomic E-state index is 12.3. The number of benzene rings is 2. The van der Waals surface area contributed by atoms with Crippen LogP contribution in [0.5, 0.6) is 0 Å². The smallest absolute Gasteiger partial charge is 0.294 e. The molecule has 2 aliphatic rings. The number of carbonyl (C=O) groups is 1. The largest absolute Gasteiger partial charge is 0.355 e. The van der Waals surface area contributed by atoms with Gasteiger partial charge in [-0.15, -0.1) is 0 Å². The molecule has 0 radical (unpaired) electrons. The molecule has 268 valence electrons. The Bertz CT molecular complexity index is 2020. The van der Waals surface area contributed by atoms with Crippen molar-refractivity contribution < 1.29 is 30.8 Å². The Morgan fingerprint density at radius 2 is 1.64 bits per heavy atom. The lowest BCUT2D eigenvalue weighted by molar-refractivity contribution is -0.433. The minimum absolute atomic E-state index is 0.0308. The molecule has 0 spiro atoms. The van der Waals surface area contributed by atoms with Crippen molar-refractivity contribution in [3.63, 3.8) is 0 Å². The van der Waals surface area contributed by atoms with Crippen LogP contribution in [-0.4, -0.2) is 63.0 Å². The normalized spacial score (nSPS) is 17.7. The maximum Gasteiger partial charge on any atom is 0.294 e. The lowest BCUT2D eigenvalue weighted by Gasteiger charge is -2.27. The Kier molecular flexibility index (Phi) is 12.0. The van der Waals surface area contributed by atoms with E-state index in [0.717, 1.165) is 28.9 Å². The third-order valence-electron chi connectivity index (χ3n) is 9.48. The molecular weight excluding hydrogens is 671 g/mol. The average molecular weight is 721 g/mol. The monoisotopic (exact) mass is 720 g/mol. The second kappa shape index (κ2) is 15.4. The van der Waals surface area contributed by atoms with E-state index in [4.69, 9.17) is 0 Å². The third-order valence-corrected chi connectivity index (χ3v) is 11.6. The number of nitrogens with one attached hydrogen (secondary N) is 1. The fourth-order valence-electron chi connectivity index (χ4n) is 6.73. The van der Waals surface area contributed by atoms with Crippen LogP contribution in [0.25, 0.3) is 0 Å². The van der Waals surface area contributed by atoms with Crippen LogP contribution in [-0.2, 0) is 35.6 Å². The highest BCUT2D eigenvalue weighted by Gasteiger charge is 2.44. The predicted octanol–water partition coefficient (Wildman–Crippen LogP) is 6.83. The molecule has 0 saturated heterocycles. The molecule has 0 aliphatic carbocycles. The number of aryl methyl sites for hydroxylation is 1. The predicted molar refractivity (Wildman–Crippen MR) is 203 cm³/mol. The van der Waals surface area contributed by atoms with E-state index in [9.17, 15) is 26.2 Å². The Morgan fingerprint density at radius 3 is 2.32 bits per heavy atom. The van der Waals surface area contributed by atoms with Gasteiger partial charge < -0.3 is 10.2 Å². The van der Waals surface area contributed by atoms with Gasteiger partial charge in [0.1, 0.15) is 6.54 Å². The van der Waals surface area contributed by atoms with Crippen molar-refractivity contribution in [1.82, 2.24) is 5.32 Å². The van der Waals surface area contributed by atoms with Crippen molar-refractivity contribution in [2.75, 3.05) is 30.3 Å². The van der Waals surface area contributed by atoms with Gasteiger partial charge in [0.25, 0.3) is 10.1 Å². The minimum Gasteiger partial charge on any atom is -0.355 e. The molecular formula is C39H50N3O6S2+. The van der Waals surface area contributed by atoms with E-state index < -0.39 is 25.4 Å². The summed E-state index contributed by atoms with van der Waals surface area (Å²) in [6.45, 7) is 17.6. The van der Waals surface area contributed by atoms with Gasteiger partial charge in [0.05, 0.1) is 16.1 Å². The van der Waals surface area contributed by atoms with E-state index in [2.05, 4.69) is 79.4 Å². The molecule has 4 rings (SSSR count). The molecule has 0 atom stereocenters. The SMILES string of the molecule is C=CS(=O)(=O)CCNC(=O)CCCCN1/C(=C/C=C/C=C/C=C/C2=[N+](CC)c3ccc(C)cc3C2(C)C)C(C)(C)c2cc(S(=O)(=O)O)ccc21. The Hall–Kier alpha value is -4.06. The van der Waals surface area contributed by atoms with Crippen molar-refractivity contribution in [3.8, 4) is 0 Å². The first kappa shape index (κ1) is 38.7. The van der Waals surface area contributed by atoms with E-state index in [-0.39, 0.29) is 34.9 Å². The van der Waals surface area contributed by atoms with E-state index in [1.54, 1.807) is 6.07 Å². The zero-order chi connectivity index (χ0) is 36.9. The Balaban J connectivity index is 1.48. The summed E-state index contributed by atoms with van der Waals surface area (Å²) in [5.41, 5.74) is 6.99. The summed E-state index contributed by atoms with van der Waals surface area (Å²) in [6, 6.07) is 11.3. The third kappa shape index (κ3) is 8.62. The van der Waals surface area contributed by atoms with Crippen molar-refractivity contribution in [2.45, 2.75) is 76.5 Å².